The highest BCUT2D eigenvalue weighted by Crippen LogP contribution is 2.09. The van der Waals surface area contributed by atoms with Gasteiger partial charge < -0.3 is 9.47 Å². The molecule has 0 unspecified atom stereocenters. The van der Waals surface area contributed by atoms with Crippen molar-refractivity contribution in [3.8, 4) is 0 Å². The van der Waals surface area contributed by atoms with Crippen LogP contribution in [0.2, 0.25) is 0 Å². The SMILES string of the molecule is CCCCCC(=O)N(NC(=O)OC(C)(C)C)NC(=O)OC(C)(C)C. The molecule has 0 aromatic heterocycles. The molecule has 0 fully saturated rings. The Labute approximate surface area is 144 Å². The van der Waals surface area contributed by atoms with Crippen LogP contribution in [0.15, 0.2) is 0 Å². The van der Waals surface area contributed by atoms with E-state index < -0.39 is 29.3 Å². The minimum absolute atomic E-state index is 0.180. The van der Waals surface area contributed by atoms with Crippen LogP contribution in [-0.4, -0.2) is 34.4 Å². The molecular weight excluding hydrogens is 314 g/mol. The molecule has 0 radical (unpaired) electrons. The van der Waals surface area contributed by atoms with Crippen LogP contribution in [0.25, 0.3) is 0 Å². The molecule has 24 heavy (non-hydrogen) atoms. The van der Waals surface area contributed by atoms with E-state index in [1.165, 1.54) is 0 Å². The lowest BCUT2D eigenvalue weighted by molar-refractivity contribution is -0.138. The van der Waals surface area contributed by atoms with Gasteiger partial charge in [0.25, 0.3) is 5.91 Å². The summed E-state index contributed by atoms with van der Waals surface area (Å²) in [5.41, 5.74) is 3.00. The molecule has 3 amide bonds. The molecule has 8 nitrogen and oxygen atoms in total. The number of hydrazine groups is 2. The highest BCUT2D eigenvalue weighted by Gasteiger charge is 2.25. The maximum absolute atomic E-state index is 12.2. The third-order valence-corrected chi connectivity index (χ3v) is 2.45. The van der Waals surface area contributed by atoms with Crippen molar-refractivity contribution in [1.29, 1.82) is 0 Å². The predicted molar refractivity (Wildman–Crippen MR) is 89.7 cm³/mol. The Balaban J connectivity index is 4.85. The molecule has 0 atom stereocenters. The quantitative estimate of drug-likeness (QED) is 0.602. The average Bonchev–Trinajstić information content (AvgIpc) is 2.33. The molecule has 0 heterocycles. The zero-order chi connectivity index (χ0) is 19.0. The monoisotopic (exact) mass is 345 g/mol. The van der Waals surface area contributed by atoms with Crippen LogP contribution in [0.3, 0.4) is 0 Å². The van der Waals surface area contributed by atoms with Gasteiger partial charge in [0.05, 0.1) is 0 Å². The van der Waals surface area contributed by atoms with Crippen molar-refractivity contribution < 1.29 is 23.9 Å². The number of unbranched alkanes of at least 4 members (excludes halogenated alkanes) is 2. The van der Waals surface area contributed by atoms with Gasteiger partial charge in [-0.15, -0.1) is 0 Å². The molecular formula is C16H31N3O5. The Morgan fingerprint density at radius 2 is 1.25 bits per heavy atom. The first-order valence-corrected chi connectivity index (χ1v) is 8.16. The number of nitrogens with zero attached hydrogens (tertiary/aromatic N) is 1. The lowest BCUT2D eigenvalue weighted by Crippen LogP contribution is -2.57. The Morgan fingerprint density at radius 3 is 1.58 bits per heavy atom. The van der Waals surface area contributed by atoms with Crippen molar-refractivity contribution >= 4 is 18.1 Å². The predicted octanol–water partition coefficient (Wildman–Crippen LogP) is 3.27. The number of carbonyl (C=O) groups excluding carboxylic acids is 3. The van der Waals surface area contributed by atoms with Gasteiger partial charge in [0.1, 0.15) is 11.2 Å². The second kappa shape index (κ2) is 9.34. The summed E-state index contributed by atoms with van der Waals surface area (Å²) in [6.45, 7) is 12.2. The Hall–Kier alpha value is -1.99. The van der Waals surface area contributed by atoms with Gasteiger partial charge >= 0.3 is 12.2 Å². The number of ether oxygens (including phenoxy) is 2. The molecule has 0 aromatic carbocycles. The van der Waals surface area contributed by atoms with Gasteiger partial charge in [0.15, 0.2) is 0 Å². The number of hydrogen-bond donors (Lipinski definition) is 2. The summed E-state index contributed by atoms with van der Waals surface area (Å²) in [6, 6.07) is 0. The smallest absolute Gasteiger partial charge is 0.428 e. The molecule has 0 aliphatic heterocycles. The molecule has 0 saturated carbocycles. The highest BCUT2D eigenvalue weighted by molar-refractivity contribution is 5.81. The van der Waals surface area contributed by atoms with Gasteiger partial charge in [-0.05, 0) is 48.0 Å². The minimum atomic E-state index is -0.845. The summed E-state index contributed by atoms with van der Waals surface area (Å²) in [5, 5.41) is 0.720. The standard InChI is InChI=1S/C16H31N3O5/c1-8-9-10-11-12(20)19(17-13(21)23-15(2,3)4)18-14(22)24-16(5,6)7/h8-11H2,1-7H3,(H,17,21)(H,18,22). The first-order chi connectivity index (χ1) is 10.8. The van der Waals surface area contributed by atoms with Crippen molar-refractivity contribution in [1.82, 2.24) is 16.0 Å². The zero-order valence-electron chi connectivity index (χ0n) is 15.8. The Morgan fingerprint density at radius 1 is 0.833 bits per heavy atom. The molecule has 0 spiro atoms. The average molecular weight is 345 g/mol. The summed E-state index contributed by atoms with van der Waals surface area (Å²) in [5.74, 6) is -0.458. The first kappa shape index (κ1) is 22.0. The fraction of sp³-hybridized carbons (Fsp3) is 0.812. The van der Waals surface area contributed by atoms with Crippen molar-refractivity contribution in [3.63, 3.8) is 0 Å². The minimum Gasteiger partial charge on any atom is -0.443 e. The van der Waals surface area contributed by atoms with E-state index >= 15 is 0 Å². The zero-order valence-corrected chi connectivity index (χ0v) is 15.8. The van der Waals surface area contributed by atoms with Crippen molar-refractivity contribution in [3.05, 3.63) is 0 Å². The van der Waals surface area contributed by atoms with Crippen LogP contribution in [0, 0.1) is 0 Å². The molecule has 8 heteroatoms. The molecule has 0 aromatic rings. The topological polar surface area (TPSA) is 97.0 Å². The summed E-state index contributed by atoms with van der Waals surface area (Å²) >= 11 is 0. The van der Waals surface area contributed by atoms with Gasteiger partial charge in [-0.1, -0.05) is 19.8 Å². The van der Waals surface area contributed by atoms with Crippen LogP contribution < -0.4 is 10.9 Å². The van der Waals surface area contributed by atoms with Crippen molar-refractivity contribution in [2.24, 2.45) is 0 Å². The van der Waals surface area contributed by atoms with E-state index in [9.17, 15) is 14.4 Å². The normalized spacial score (nSPS) is 11.5. The van der Waals surface area contributed by atoms with Crippen LogP contribution in [0.4, 0.5) is 9.59 Å². The largest absolute Gasteiger partial charge is 0.443 e. The van der Waals surface area contributed by atoms with Gasteiger partial charge in [-0.25, -0.2) is 20.4 Å². The first-order valence-electron chi connectivity index (χ1n) is 8.16. The summed E-state index contributed by atoms with van der Waals surface area (Å²) in [6.07, 6.45) is 0.965. The fourth-order valence-electron chi connectivity index (χ4n) is 1.58. The second-order valence-corrected chi connectivity index (χ2v) is 7.41. The van der Waals surface area contributed by atoms with Crippen molar-refractivity contribution in [2.75, 3.05) is 0 Å². The molecule has 0 aliphatic rings. The molecule has 0 bridgehead atoms. The lowest BCUT2D eigenvalue weighted by Gasteiger charge is -2.27. The number of amides is 3. The van der Waals surface area contributed by atoms with Crippen molar-refractivity contribution in [2.45, 2.75) is 85.4 Å². The maximum atomic E-state index is 12.2. The summed E-state index contributed by atoms with van der Waals surface area (Å²) < 4.78 is 10.2. The van der Waals surface area contributed by atoms with E-state index in [0.717, 1.165) is 18.0 Å². The van der Waals surface area contributed by atoms with E-state index in [1.807, 2.05) is 6.92 Å². The third-order valence-electron chi connectivity index (χ3n) is 2.45. The molecule has 0 saturated heterocycles. The van der Waals surface area contributed by atoms with Crippen LogP contribution in [0.1, 0.15) is 74.1 Å². The summed E-state index contributed by atoms with van der Waals surface area (Å²) in [7, 11) is 0. The Bertz CT molecular complexity index is 408. The second-order valence-electron chi connectivity index (χ2n) is 7.41. The number of rotatable bonds is 4. The number of hydrogen-bond acceptors (Lipinski definition) is 5. The molecule has 2 N–H and O–H groups in total. The molecule has 140 valence electrons. The van der Waals surface area contributed by atoms with E-state index in [1.54, 1.807) is 41.5 Å². The number of carbonyl (C=O) groups is 3. The van der Waals surface area contributed by atoms with E-state index in [0.29, 0.717) is 6.42 Å². The van der Waals surface area contributed by atoms with E-state index in [4.69, 9.17) is 9.47 Å². The summed E-state index contributed by atoms with van der Waals surface area (Å²) in [4.78, 5) is 35.9. The van der Waals surface area contributed by atoms with Crippen LogP contribution in [0.5, 0.6) is 0 Å². The maximum Gasteiger partial charge on any atom is 0.428 e. The van der Waals surface area contributed by atoms with Crippen LogP contribution in [-0.2, 0) is 14.3 Å². The molecule has 0 aliphatic carbocycles. The molecule has 0 rings (SSSR count). The Kier molecular flexibility index (Phi) is 8.57. The third kappa shape index (κ3) is 11.6. The van der Waals surface area contributed by atoms with E-state index in [2.05, 4.69) is 10.9 Å². The van der Waals surface area contributed by atoms with E-state index in [-0.39, 0.29) is 6.42 Å². The van der Waals surface area contributed by atoms with Crippen LogP contribution >= 0.6 is 0 Å². The fourth-order valence-corrected chi connectivity index (χ4v) is 1.58. The van der Waals surface area contributed by atoms with Gasteiger partial charge in [-0.3, -0.25) is 4.79 Å². The highest BCUT2D eigenvalue weighted by atomic mass is 16.6. The van der Waals surface area contributed by atoms with Gasteiger partial charge in [0, 0.05) is 6.42 Å². The van der Waals surface area contributed by atoms with Gasteiger partial charge in [-0.2, -0.15) is 5.12 Å². The lowest BCUT2D eigenvalue weighted by atomic mass is 10.2. The van der Waals surface area contributed by atoms with Gasteiger partial charge in [0.2, 0.25) is 0 Å². The number of nitrogens with one attached hydrogen (secondary N) is 2.